The second-order valence-corrected chi connectivity index (χ2v) is 4.56. The maximum atomic E-state index is 10.5. The molecule has 0 saturated heterocycles. The van der Waals surface area contributed by atoms with E-state index >= 15 is 0 Å². The first-order chi connectivity index (χ1) is 7.68. The molecular weight excluding hydrogens is 248 g/mol. The molecule has 0 bridgehead atoms. The number of hydrogen-bond acceptors (Lipinski definition) is 6. The summed E-state index contributed by atoms with van der Waals surface area (Å²) in [5.41, 5.74) is 6.52. The van der Waals surface area contributed by atoms with E-state index in [1.54, 1.807) is 4.57 Å². The summed E-state index contributed by atoms with van der Waals surface area (Å²) in [6.45, 7) is 0. The zero-order valence-corrected chi connectivity index (χ0v) is 9.66. The van der Waals surface area contributed by atoms with Crippen LogP contribution in [-0.4, -0.2) is 31.6 Å². The Morgan fingerprint density at radius 3 is 3.06 bits per heavy atom. The Labute approximate surface area is 99.1 Å². The molecule has 0 aliphatic heterocycles. The molecule has 0 aliphatic carbocycles. The van der Waals surface area contributed by atoms with Crippen molar-refractivity contribution in [3.63, 3.8) is 0 Å². The fourth-order valence-corrected chi connectivity index (χ4v) is 2.43. The number of carboxylic acids is 1. The molecule has 2 heterocycles. The minimum absolute atomic E-state index is 0.0672. The van der Waals surface area contributed by atoms with Crippen molar-refractivity contribution in [1.82, 2.24) is 14.8 Å². The zero-order valence-electron chi connectivity index (χ0n) is 8.03. The second kappa shape index (κ2) is 4.54. The van der Waals surface area contributed by atoms with Gasteiger partial charge in [0.05, 0.1) is 11.4 Å². The van der Waals surface area contributed by atoms with E-state index in [2.05, 4.69) is 10.2 Å². The fraction of sp³-hybridized carbons (Fsp3) is 0.125. The van der Waals surface area contributed by atoms with Gasteiger partial charge in [-0.2, -0.15) is 11.3 Å². The van der Waals surface area contributed by atoms with Crippen molar-refractivity contribution >= 4 is 35.0 Å². The summed E-state index contributed by atoms with van der Waals surface area (Å²) >= 11 is 2.61. The third kappa shape index (κ3) is 2.17. The minimum atomic E-state index is -0.900. The quantitative estimate of drug-likeness (QED) is 0.795. The Morgan fingerprint density at radius 2 is 2.44 bits per heavy atom. The third-order valence-electron chi connectivity index (χ3n) is 1.75. The number of thiophene rings is 1. The molecule has 0 saturated carbocycles. The van der Waals surface area contributed by atoms with Gasteiger partial charge in [-0.25, -0.2) is 0 Å². The highest BCUT2D eigenvalue weighted by atomic mass is 32.2. The lowest BCUT2D eigenvalue weighted by Crippen LogP contribution is -2.03. The van der Waals surface area contributed by atoms with E-state index in [1.165, 1.54) is 11.3 Å². The smallest absolute Gasteiger partial charge is 0.313 e. The molecule has 0 spiro atoms. The van der Waals surface area contributed by atoms with Crippen LogP contribution in [0.15, 0.2) is 22.0 Å². The number of nitrogens with zero attached hydrogens (tertiary/aromatic N) is 3. The molecule has 2 aromatic rings. The first-order valence-electron chi connectivity index (χ1n) is 4.26. The van der Waals surface area contributed by atoms with E-state index in [1.807, 2.05) is 16.8 Å². The van der Waals surface area contributed by atoms with Gasteiger partial charge >= 0.3 is 5.97 Å². The van der Waals surface area contributed by atoms with Gasteiger partial charge in [-0.05, 0) is 11.4 Å². The average Bonchev–Trinajstić information content (AvgIpc) is 2.83. The fourth-order valence-electron chi connectivity index (χ4n) is 1.13. The van der Waals surface area contributed by atoms with Crippen LogP contribution in [0.2, 0.25) is 0 Å². The number of rotatable bonds is 4. The molecule has 2 rings (SSSR count). The number of nitrogens with two attached hydrogens (primary N) is 1. The molecule has 8 heteroatoms. The number of aromatic nitrogens is 3. The van der Waals surface area contributed by atoms with E-state index in [0.29, 0.717) is 5.16 Å². The van der Waals surface area contributed by atoms with Crippen molar-refractivity contribution in [2.24, 2.45) is 0 Å². The lowest BCUT2D eigenvalue weighted by atomic mass is 10.5. The van der Waals surface area contributed by atoms with Crippen LogP contribution in [0.5, 0.6) is 0 Å². The van der Waals surface area contributed by atoms with Crippen LogP contribution >= 0.6 is 23.1 Å². The van der Waals surface area contributed by atoms with Gasteiger partial charge in [0.25, 0.3) is 0 Å². The van der Waals surface area contributed by atoms with Gasteiger partial charge in [-0.3, -0.25) is 9.36 Å². The molecule has 0 aliphatic rings. The van der Waals surface area contributed by atoms with Gasteiger partial charge in [0, 0.05) is 5.38 Å². The van der Waals surface area contributed by atoms with Crippen LogP contribution < -0.4 is 5.73 Å². The summed E-state index contributed by atoms with van der Waals surface area (Å²) in [6.07, 6.45) is 0. The topological polar surface area (TPSA) is 94.0 Å². The van der Waals surface area contributed by atoms with Gasteiger partial charge in [0.2, 0.25) is 5.95 Å². The van der Waals surface area contributed by atoms with Crippen LogP contribution in [0, 0.1) is 0 Å². The second-order valence-electron chi connectivity index (χ2n) is 2.84. The normalized spacial score (nSPS) is 10.5. The molecular formula is C8H8N4O2S2. The highest BCUT2D eigenvalue weighted by Gasteiger charge is 2.13. The standard InChI is InChI=1S/C8H8N4O2S2/c9-7-10-11-8(16-4-6(13)14)12(7)5-1-2-15-3-5/h1-3H,4H2,(H2,9,10)(H,13,14). The van der Waals surface area contributed by atoms with Crippen LogP contribution in [0.1, 0.15) is 0 Å². The van der Waals surface area contributed by atoms with Crippen molar-refractivity contribution in [3.05, 3.63) is 16.8 Å². The largest absolute Gasteiger partial charge is 0.481 e. The van der Waals surface area contributed by atoms with Gasteiger partial charge in [-0.15, -0.1) is 10.2 Å². The maximum Gasteiger partial charge on any atom is 0.313 e. The number of nitrogen functional groups attached to an aromatic ring is 1. The third-order valence-corrected chi connectivity index (χ3v) is 3.33. The molecule has 0 aromatic carbocycles. The summed E-state index contributed by atoms with van der Waals surface area (Å²) in [6, 6.07) is 1.87. The Kier molecular flexibility index (Phi) is 3.11. The van der Waals surface area contributed by atoms with Gasteiger partial charge in [0.15, 0.2) is 5.16 Å². The van der Waals surface area contributed by atoms with Crippen molar-refractivity contribution in [1.29, 1.82) is 0 Å². The molecule has 0 fully saturated rings. The molecule has 0 radical (unpaired) electrons. The number of thioether (sulfide) groups is 1. The summed E-state index contributed by atoms with van der Waals surface area (Å²) in [7, 11) is 0. The molecule has 3 N–H and O–H groups in total. The highest BCUT2D eigenvalue weighted by molar-refractivity contribution is 7.99. The summed E-state index contributed by atoms with van der Waals surface area (Å²) in [4.78, 5) is 10.5. The summed E-state index contributed by atoms with van der Waals surface area (Å²) in [5, 5.41) is 20.4. The Morgan fingerprint density at radius 1 is 1.62 bits per heavy atom. The van der Waals surface area contributed by atoms with Crippen molar-refractivity contribution in [2.45, 2.75) is 5.16 Å². The van der Waals surface area contributed by atoms with Crippen molar-refractivity contribution < 1.29 is 9.90 Å². The van der Waals surface area contributed by atoms with E-state index in [4.69, 9.17) is 10.8 Å². The molecule has 0 unspecified atom stereocenters. The number of carbonyl (C=O) groups is 1. The average molecular weight is 256 g/mol. The molecule has 6 nitrogen and oxygen atoms in total. The van der Waals surface area contributed by atoms with E-state index in [0.717, 1.165) is 17.4 Å². The zero-order chi connectivity index (χ0) is 11.5. The Balaban J connectivity index is 2.29. The van der Waals surface area contributed by atoms with Gasteiger partial charge < -0.3 is 10.8 Å². The van der Waals surface area contributed by atoms with E-state index < -0.39 is 5.97 Å². The first kappa shape index (κ1) is 11.0. The van der Waals surface area contributed by atoms with Crippen molar-refractivity contribution in [2.75, 3.05) is 11.5 Å². The number of hydrogen-bond donors (Lipinski definition) is 2. The Bertz CT molecular complexity index is 494. The van der Waals surface area contributed by atoms with E-state index in [9.17, 15) is 4.79 Å². The predicted molar refractivity (Wildman–Crippen MR) is 62.0 cm³/mol. The van der Waals surface area contributed by atoms with Crippen LogP contribution in [0.3, 0.4) is 0 Å². The lowest BCUT2D eigenvalue weighted by Gasteiger charge is -2.03. The highest BCUT2D eigenvalue weighted by Crippen LogP contribution is 2.24. The molecule has 84 valence electrons. The SMILES string of the molecule is Nc1nnc(SCC(=O)O)n1-c1ccsc1. The van der Waals surface area contributed by atoms with Crippen LogP contribution in [0.4, 0.5) is 5.95 Å². The Hall–Kier alpha value is -1.54. The molecule has 2 aromatic heterocycles. The molecule has 0 amide bonds. The van der Waals surface area contributed by atoms with Gasteiger partial charge in [0.1, 0.15) is 0 Å². The maximum absolute atomic E-state index is 10.5. The molecule has 0 atom stereocenters. The van der Waals surface area contributed by atoms with Crippen LogP contribution in [-0.2, 0) is 4.79 Å². The predicted octanol–water partition coefficient (Wildman–Crippen LogP) is 1.09. The number of carboxylic acid groups (broad SMARTS) is 1. The monoisotopic (exact) mass is 256 g/mol. The number of aliphatic carboxylic acids is 1. The minimum Gasteiger partial charge on any atom is -0.481 e. The van der Waals surface area contributed by atoms with Gasteiger partial charge in [-0.1, -0.05) is 11.8 Å². The molecule has 16 heavy (non-hydrogen) atoms. The van der Waals surface area contributed by atoms with E-state index in [-0.39, 0.29) is 11.7 Å². The summed E-state index contributed by atoms with van der Waals surface area (Å²) in [5.74, 6) is -0.711. The van der Waals surface area contributed by atoms with Crippen LogP contribution in [0.25, 0.3) is 5.69 Å². The first-order valence-corrected chi connectivity index (χ1v) is 6.19. The van der Waals surface area contributed by atoms with Crippen molar-refractivity contribution in [3.8, 4) is 5.69 Å². The number of anilines is 1. The lowest BCUT2D eigenvalue weighted by molar-refractivity contribution is -0.133. The summed E-state index contributed by atoms with van der Waals surface area (Å²) < 4.78 is 1.63.